The number of sulfonamides is 1. The Hall–Kier alpha value is -2.50. The number of rotatable bonds is 7. The minimum atomic E-state index is -3.59. The summed E-state index contributed by atoms with van der Waals surface area (Å²) in [5.74, 6) is -1.12. The van der Waals surface area contributed by atoms with Crippen LogP contribution in [0.2, 0.25) is 0 Å². The van der Waals surface area contributed by atoms with E-state index in [2.05, 4.69) is 10.6 Å². The highest BCUT2D eigenvalue weighted by Crippen LogP contribution is 2.29. The van der Waals surface area contributed by atoms with Gasteiger partial charge in [-0.25, -0.2) is 17.6 Å². The molecule has 174 valence electrons. The average Bonchev–Trinajstić information content (AvgIpc) is 3.24. The molecule has 32 heavy (non-hydrogen) atoms. The molecule has 0 spiro atoms. The Kier molecular flexibility index (Phi) is 7.86. The van der Waals surface area contributed by atoms with Crippen LogP contribution in [-0.2, 0) is 14.8 Å². The van der Waals surface area contributed by atoms with Crippen molar-refractivity contribution < 1.29 is 22.4 Å². The first kappa shape index (κ1) is 24.1. The number of thiophene rings is 1. The van der Waals surface area contributed by atoms with Gasteiger partial charge in [0.05, 0.1) is 10.9 Å². The molecule has 0 saturated carbocycles. The number of benzene rings is 1. The van der Waals surface area contributed by atoms with Crippen molar-refractivity contribution >= 4 is 44.0 Å². The minimum Gasteiger partial charge on any atom is -0.326 e. The molecule has 2 heterocycles. The molecule has 3 amide bonds. The molecule has 1 unspecified atom stereocenters. The van der Waals surface area contributed by atoms with Gasteiger partial charge in [0.15, 0.2) is 0 Å². The number of halogens is 1. The van der Waals surface area contributed by atoms with E-state index in [9.17, 15) is 22.4 Å². The van der Waals surface area contributed by atoms with E-state index >= 15 is 0 Å². The van der Waals surface area contributed by atoms with Gasteiger partial charge < -0.3 is 10.2 Å². The number of hydrogen-bond acceptors (Lipinski definition) is 5. The molecule has 1 fully saturated rings. The van der Waals surface area contributed by atoms with Gasteiger partial charge in [0, 0.05) is 31.9 Å². The first-order chi connectivity index (χ1) is 15.2. The zero-order chi connectivity index (χ0) is 23.3. The monoisotopic (exact) mass is 482 g/mol. The van der Waals surface area contributed by atoms with Crippen LogP contribution in [0.1, 0.15) is 26.7 Å². The van der Waals surface area contributed by atoms with Crippen molar-refractivity contribution in [3.05, 3.63) is 42.2 Å². The smallest absolute Gasteiger partial charge is 0.322 e. The van der Waals surface area contributed by atoms with E-state index in [1.807, 2.05) is 0 Å². The Bertz CT molecular complexity index is 1070. The lowest BCUT2D eigenvalue weighted by Crippen LogP contribution is -2.45. The van der Waals surface area contributed by atoms with E-state index in [0.717, 1.165) is 11.3 Å². The second-order valence-corrected chi connectivity index (χ2v) is 10.7. The molecule has 2 N–H and O–H groups in total. The van der Waals surface area contributed by atoms with Crippen LogP contribution in [-0.4, -0.2) is 55.7 Å². The molecule has 0 radical (unpaired) electrons. The van der Waals surface area contributed by atoms with Crippen LogP contribution in [0.5, 0.6) is 0 Å². The van der Waals surface area contributed by atoms with Crippen LogP contribution in [0.3, 0.4) is 0 Å². The normalized spacial score (nSPS) is 16.8. The number of nitrogens with one attached hydrogen (secondary N) is 2. The van der Waals surface area contributed by atoms with Gasteiger partial charge in [-0.05, 0) is 43.2 Å². The molecule has 1 aromatic heterocycles. The summed E-state index contributed by atoms with van der Waals surface area (Å²) >= 11 is 0.998. The summed E-state index contributed by atoms with van der Waals surface area (Å²) in [6.07, 6.45) is 1.27. The van der Waals surface area contributed by atoms with Gasteiger partial charge in [0.2, 0.25) is 5.91 Å². The highest BCUT2D eigenvalue weighted by molar-refractivity contribution is 7.91. The van der Waals surface area contributed by atoms with Crippen molar-refractivity contribution in [2.24, 2.45) is 5.92 Å². The highest BCUT2D eigenvalue weighted by atomic mass is 32.2. The summed E-state index contributed by atoms with van der Waals surface area (Å²) in [4.78, 5) is 26.8. The van der Waals surface area contributed by atoms with Crippen molar-refractivity contribution in [2.75, 3.05) is 36.8 Å². The van der Waals surface area contributed by atoms with E-state index < -0.39 is 21.8 Å². The molecule has 0 bridgehead atoms. The number of anilines is 2. The number of likely N-dealkylation sites (tertiary alicyclic amines) is 1. The average molecular weight is 483 g/mol. The topological polar surface area (TPSA) is 98.8 Å². The maximum atomic E-state index is 13.3. The Morgan fingerprint density at radius 3 is 2.62 bits per heavy atom. The van der Waals surface area contributed by atoms with E-state index in [1.165, 1.54) is 33.5 Å². The van der Waals surface area contributed by atoms with E-state index in [1.54, 1.807) is 26.0 Å². The fourth-order valence-corrected chi connectivity index (χ4v) is 6.40. The highest BCUT2D eigenvalue weighted by Gasteiger charge is 2.29. The third kappa shape index (κ3) is 5.64. The third-order valence-electron chi connectivity index (χ3n) is 5.28. The summed E-state index contributed by atoms with van der Waals surface area (Å²) < 4.78 is 40.1. The first-order valence-corrected chi connectivity index (χ1v) is 12.7. The van der Waals surface area contributed by atoms with Gasteiger partial charge >= 0.3 is 6.03 Å². The van der Waals surface area contributed by atoms with Crippen LogP contribution in [0.15, 0.2) is 40.6 Å². The quantitative estimate of drug-likeness (QED) is 0.627. The summed E-state index contributed by atoms with van der Waals surface area (Å²) in [5, 5.41) is 5.86. The second kappa shape index (κ2) is 10.4. The summed E-state index contributed by atoms with van der Waals surface area (Å²) in [7, 11) is -3.59. The fourth-order valence-electron chi connectivity index (χ4n) is 3.59. The maximum absolute atomic E-state index is 13.3. The van der Waals surface area contributed by atoms with Gasteiger partial charge in [0.1, 0.15) is 10.0 Å². The minimum absolute atomic E-state index is 0.169. The SMILES string of the molecule is CCN(CC)S(=O)(=O)c1ccc(NC(=O)N2CCCC(C(=O)Nc3cccc(F)c3)C2)s1. The Morgan fingerprint density at radius 1 is 1.19 bits per heavy atom. The van der Waals surface area contributed by atoms with Gasteiger partial charge in [-0.3, -0.25) is 10.1 Å². The number of piperidine rings is 1. The number of carbonyl (C=O) groups excluding carboxylic acids is 2. The number of urea groups is 1. The predicted octanol–water partition coefficient (Wildman–Crippen LogP) is 3.80. The van der Waals surface area contributed by atoms with Gasteiger partial charge in [-0.15, -0.1) is 11.3 Å². The Balaban J connectivity index is 1.61. The molecular weight excluding hydrogens is 455 g/mol. The third-order valence-corrected chi connectivity index (χ3v) is 8.80. The largest absolute Gasteiger partial charge is 0.326 e. The Labute approximate surface area is 191 Å². The standard InChI is InChI=1S/C21H27FN4O4S2/c1-3-26(4-2)32(29,30)19-11-10-18(31-19)24-21(28)25-12-6-7-15(14-25)20(27)23-17-9-5-8-16(22)13-17/h5,8-11,13,15H,3-4,6-7,12,14H2,1-2H3,(H,23,27)(H,24,28). The molecular formula is C21H27FN4O4S2. The van der Waals surface area contributed by atoms with Crippen LogP contribution < -0.4 is 10.6 Å². The summed E-state index contributed by atoms with van der Waals surface area (Å²) in [6, 6.07) is 8.33. The molecule has 11 heteroatoms. The summed E-state index contributed by atoms with van der Waals surface area (Å²) in [6.45, 7) is 4.99. The van der Waals surface area contributed by atoms with Gasteiger partial charge in [-0.1, -0.05) is 19.9 Å². The van der Waals surface area contributed by atoms with Crippen molar-refractivity contribution in [3.8, 4) is 0 Å². The van der Waals surface area contributed by atoms with Crippen LogP contribution in [0.4, 0.5) is 19.9 Å². The number of hydrogen-bond donors (Lipinski definition) is 2. The molecule has 1 aliphatic heterocycles. The van der Waals surface area contributed by atoms with Crippen LogP contribution in [0.25, 0.3) is 0 Å². The molecule has 8 nitrogen and oxygen atoms in total. The predicted molar refractivity (Wildman–Crippen MR) is 123 cm³/mol. The van der Waals surface area contributed by atoms with Gasteiger partial charge in [0.25, 0.3) is 10.0 Å². The lowest BCUT2D eigenvalue weighted by atomic mass is 9.97. The van der Waals surface area contributed by atoms with Crippen molar-refractivity contribution in [3.63, 3.8) is 0 Å². The van der Waals surface area contributed by atoms with E-state index in [-0.39, 0.29) is 22.7 Å². The molecule has 1 atom stereocenters. The van der Waals surface area contributed by atoms with Crippen molar-refractivity contribution in [2.45, 2.75) is 30.9 Å². The molecule has 0 aliphatic carbocycles. The molecule has 2 aromatic rings. The van der Waals surface area contributed by atoms with E-state index in [4.69, 9.17) is 0 Å². The zero-order valence-corrected chi connectivity index (χ0v) is 19.6. The zero-order valence-electron chi connectivity index (χ0n) is 18.0. The summed E-state index contributed by atoms with van der Waals surface area (Å²) in [5.41, 5.74) is 0.372. The molecule has 1 aliphatic rings. The van der Waals surface area contributed by atoms with Crippen molar-refractivity contribution in [1.29, 1.82) is 0 Å². The molecule has 1 aromatic carbocycles. The lowest BCUT2D eigenvalue weighted by molar-refractivity contribution is -0.121. The van der Waals surface area contributed by atoms with E-state index in [0.29, 0.717) is 43.2 Å². The number of amides is 3. The van der Waals surface area contributed by atoms with Gasteiger partial charge in [-0.2, -0.15) is 4.31 Å². The number of carbonyl (C=O) groups is 2. The second-order valence-electron chi connectivity index (χ2n) is 7.42. The maximum Gasteiger partial charge on any atom is 0.322 e. The van der Waals surface area contributed by atoms with Crippen molar-refractivity contribution in [1.82, 2.24) is 9.21 Å². The lowest BCUT2D eigenvalue weighted by Gasteiger charge is -2.31. The number of nitrogens with zero attached hydrogens (tertiary/aromatic N) is 2. The fraction of sp³-hybridized carbons (Fsp3) is 0.429. The molecule has 1 saturated heterocycles. The first-order valence-electron chi connectivity index (χ1n) is 10.5. The van der Waals surface area contributed by atoms with Crippen LogP contribution in [0, 0.1) is 11.7 Å². The Morgan fingerprint density at radius 2 is 1.94 bits per heavy atom. The van der Waals surface area contributed by atoms with Crippen LogP contribution >= 0.6 is 11.3 Å². The molecule has 3 rings (SSSR count).